The number of rotatable bonds is 1. The zero-order valence-corrected chi connectivity index (χ0v) is 9.60. The standard InChI is InChI=1S/C12H10N4O2/c1-7-4-2-3-5-8(7)16-11(17)9-10(14-6-13-9)15-12(16)18/h2-6H,1H3,(H,13,14)(H,15,18). The van der Waals surface area contributed by atoms with Crippen molar-refractivity contribution in [2.24, 2.45) is 0 Å². The number of aryl methyl sites for hydroxylation is 1. The molecule has 3 aromatic rings. The van der Waals surface area contributed by atoms with E-state index in [9.17, 15) is 9.59 Å². The molecule has 2 aromatic heterocycles. The molecule has 0 bridgehead atoms. The second kappa shape index (κ2) is 3.69. The number of aromatic nitrogens is 4. The molecule has 6 heteroatoms. The van der Waals surface area contributed by atoms with Crippen LogP contribution >= 0.6 is 0 Å². The summed E-state index contributed by atoms with van der Waals surface area (Å²) in [5.41, 5.74) is 1.09. The Labute approximate surface area is 101 Å². The minimum Gasteiger partial charge on any atom is -0.339 e. The number of H-pyrrole nitrogens is 2. The predicted molar refractivity (Wildman–Crippen MR) is 67.0 cm³/mol. The van der Waals surface area contributed by atoms with Crippen molar-refractivity contribution in [3.8, 4) is 5.69 Å². The van der Waals surface area contributed by atoms with Crippen LogP contribution in [0.1, 0.15) is 5.56 Å². The van der Waals surface area contributed by atoms with E-state index >= 15 is 0 Å². The van der Waals surface area contributed by atoms with Gasteiger partial charge in [-0.15, -0.1) is 0 Å². The molecular formula is C12H10N4O2. The Bertz CT molecular complexity index is 841. The Hall–Kier alpha value is -2.63. The molecule has 3 rings (SSSR count). The molecule has 0 aliphatic heterocycles. The maximum Gasteiger partial charge on any atom is 0.334 e. The first-order chi connectivity index (χ1) is 8.68. The number of imidazole rings is 1. The lowest BCUT2D eigenvalue weighted by molar-refractivity contribution is 0.888. The summed E-state index contributed by atoms with van der Waals surface area (Å²) in [6, 6.07) is 7.21. The van der Waals surface area contributed by atoms with Crippen molar-refractivity contribution < 1.29 is 0 Å². The predicted octanol–water partition coefficient (Wildman–Crippen LogP) is 0.711. The van der Waals surface area contributed by atoms with Crippen LogP contribution in [0.5, 0.6) is 0 Å². The van der Waals surface area contributed by atoms with Gasteiger partial charge in [-0.05, 0) is 18.6 Å². The Morgan fingerprint density at radius 3 is 2.78 bits per heavy atom. The molecule has 6 nitrogen and oxygen atoms in total. The molecule has 0 aliphatic carbocycles. The van der Waals surface area contributed by atoms with Gasteiger partial charge in [-0.25, -0.2) is 14.3 Å². The second-order valence-electron chi connectivity index (χ2n) is 3.98. The highest BCUT2D eigenvalue weighted by atomic mass is 16.2. The highest BCUT2D eigenvalue weighted by Crippen LogP contribution is 2.09. The minimum atomic E-state index is -0.492. The van der Waals surface area contributed by atoms with Crippen molar-refractivity contribution in [3.63, 3.8) is 0 Å². The van der Waals surface area contributed by atoms with Crippen molar-refractivity contribution in [2.45, 2.75) is 6.92 Å². The van der Waals surface area contributed by atoms with Gasteiger partial charge in [-0.2, -0.15) is 0 Å². The molecular weight excluding hydrogens is 232 g/mol. The molecule has 0 unspecified atom stereocenters. The first kappa shape index (κ1) is 10.5. The third-order valence-electron chi connectivity index (χ3n) is 2.84. The van der Waals surface area contributed by atoms with E-state index in [1.165, 1.54) is 6.33 Å². The molecule has 90 valence electrons. The summed E-state index contributed by atoms with van der Waals surface area (Å²) in [6.45, 7) is 1.85. The summed E-state index contributed by atoms with van der Waals surface area (Å²) < 4.78 is 1.11. The van der Waals surface area contributed by atoms with Gasteiger partial charge in [0.05, 0.1) is 12.0 Å². The summed E-state index contributed by atoms with van der Waals surface area (Å²) in [4.78, 5) is 33.4. The van der Waals surface area contributed by atoms with Gasteiger partial charge in [0.25, 0.3) is 5.56 Å². The van der Waals surface area contributed by atoms with Gasteiger partial charge in [0.1, 0.15) is 5.52 Å². The fraction of sp³-hybridized carbons (Fsp3) is 0.0833. The van der Waals surface area contributed by atoms with Crippen molar-refractivity contribution in [2.75, 3.05) is 0 Å². The number of aromatic amines is 2. The molecule has 2 N–H and O–H groups in total. The lowest BCUT2D eigenvalue weighted by Gasteiger charge is -2.07. The molecule has 0 saturated heterocycles. The highest BCUT2D eigenvalue weighted by Gasteiger charge is 2.11. The van der Waals surface area contributed by atoms with E-state index < -0.39 is 11.2 Å². The molecule has 0 aliphatic rings. The van der Waals surface area contributed by atoms with Crippen LogP contribution < -0.4 is 11.2 Å². The van der Waals surface area contributed by atoms with Crippen LogP contribution in [0.2, 0.25) is 0 Å². The van der Waals surface area contributed by atoms with Crippen molar-refractivity contribution in [1.29, 1.82) is 0 Å². The van der Waals surface area contributed by atoms with Crippen LogP contribution in [-0.4, -0.2) is 19.5 Å². The number of benzene rings is 1. The Morgan fingerprint density at radius 2 is 2.00 bits per heavy atom. The van der Waals surface area contributed by atoms with Crippen molar-refractivity contribution >= 4 is 11.2 Å². The number of para-hydroxylation sites is 1. The first-order valence-corrected chi connectivity index (χ1v) is 5.43. The smallest absolute Gasteiger partial charge is 0.334 e. The number of hydrogen-bond acceptors (Lipinski definition) is 3. The van der Waals surface area contributed by atoms with Crippen LogP contribution in [0.25, 0.3) is 16.9 Å². The molecule has 0 fully saturated rings. The molecule has 0 atom stereocenters. The van der Waals surface area contributed by atoms with Crippen LogP contribution in [0.3, 0.4) is 0 Å². The largest absolute Gasteiger partial charge is 0.339 e. The van der Waals surface area contributed by atoms with E-state index in [2.05, 4.69) is 15.0 Å². The Morgan fingerprint density at radius 1 is 1.22 bits per heavy atom. The van der Waals surface area contributed by atoms with Gasteiger partial charge in [0, 0.05) is 0 Å². The van der Waals surface area contributed by atoms with Crippen LogP contribution in [0.15, 0.2) is 40.2 Å². The summed E-state index contributed by atoms with van der Waals surface area (Å²) in [5.74, 6) is 0. The number of hydrogen-bond donors (Lipinski definition) is 2. The zero-order valence-electron chi connectivity index (χ0n) is 9.60. The number of nitrogens with one attached hydrogen (secondary N) is 2. The summed E-state index contributed by atoms with van der Waals surface area (Å²) in [6.07, 6.45) is 1.38. The maximum atomic E-state index is 12.2. The van der Waals surface area contributed by atoms with E-state index in [1.54, 1.807) is 12.1 Å². The molecule has 2 heterocycles. The lowest BCUT2D eigenvalue weighted by Crippen LogP contribution is -2.34. The monoisotopic (exact) mass is 242 g/mol. The normalized spacial score (nSPS) is 10.9. The third kappa shape index (κ3) is 1.39. The second-order valence-corrected chi connectivity index (χ2v) is 3.98. The van der Waals surface area contributed by atoms with E-state index in [-0.39, 0.29) is 11.2 Å². The molecule has 18 heavy (non-hydrogen) atoms. The lowest BCUT2D eigenvalue weighted by atomic mass is 10.2. The Kier molecular flexibility index (Phi) is 2.16. The average molecular weight is 242 g/mol. The average Bonchev–Trinajstić information content (AvgIpc) is 2.79. The summed E-state index contributed by atoms with van der Waals surface area (Å²) in [5, 5.41) is 0. The van der Waals surface area contributed by atoms with Gasteiger partial charge in [-0.3, -0.25) is 9.78 Å². The molecule has 0 spiro atoms. The zero-order chi connectivity index (χ0) is 12.7. The number of fused-ring (bicyclic) bond motifs is 1. The molecule has 1 aromatic carbocycles. The fourth-order valence-electron chi connectivity index (χ4n) is 1.95. The van der Waals surface area contributed by atoms with Crippen molar-refractivity contribution in [1.82, 2.24) is 19.5 Å². The topological polar surface area (TPSA) is 83.5 Å². The van der Waals surface area contributed by atoms with E-state index in [0.717, 1.165) is 10.1 Å². The van der Waals surface area contributed by atoms with E-state index in [4.69, 9.17) is 0 Å². The van der Waals surface area contributed by atoms with Gasteiger partial charge < -0.3 is 4.98 Å². The minimum absolute atomic E-state index is 0.273. The quantitative estimate of drug-likeness (QED) is 0.659. The summed E-state index contributed by atoms with van der Waals surface area (Å²) in [7, 11) is 0. The summed E-state index contributed by atoms with van der Waals surface area (Å²) >= 11 is 0. The van der Waals surface area contributed by atoms with Gasteiger partial charge in [0.2, 0.25) is 0 Å². The van der Waals surface area contributed by atoms with Gasteiger partial charge in [0.15, 0.2) is 5.65 Å². The fourth-order valence-corrected chi connectivity index (χ4v) is 1.95. The number of nitrogens with zero attached hydrogens (tertiary/aromatic N) is 2. The Balaban J connectivity index is 2.47. The molecule has 0 radical (unpaired) electrons. The third-order valence-corrected chi connectivity index (χ3v) is 2.84. The molecule has 0 saturated carbocycles. The highest BCUT2D eigenvalue weighted by molar-refractivity contribution is 5.68. The van der Waals surface area contributed by atoms with Crippen molar-refractivity contribution in [3.05, 3.63) is 57.0 Å². The van der Waals surface area contributed by atoms with Gasteiger partial charge >= 0.3 is 5.69 Å². The van der Waals surface area contributed by atoms with E-state index in [0.29, 0.717) is 5.69 Å². The first-order valence-electron chi connectivity index (χ1n) is 5.43. The van der Waals surface area contributed by atoms with Crippen LogP contribution in [-0.2, 0) is 0 Å². The van der Waals surface area contributed by atoms with E-state index in [1.807, 2.05) is 19.1 Å². The van der Waals surface area contributed by atoms with Crippen LogP contribution in [0.4, 0.5) is 0 Å². The SMILES string of the molecule is Cc1ccccc1-n1c(=O)[nH]c2nc[nH]c2c1=O. The maximum absolute atomic E-state index is 12.2. The van der Waals surface area contributed by atoms with Crippen LogP contribution in [0, 0.1) is 6.92 Å². The van der Waals surface area contributed by atoms with Gasteiger partial charge in [-0.1, -0.05) is 18.2 Å². The molecule has 0 amide bonds.